The molecule has 21 heavy (non-hydrogen) atoms. The minimum Gasteiger partial charge on any atom is -0.493 e. The minimum absolute atomic E-state index is 0.00866. The Hall–Kier alpha value is -1.89. The van der Waals surface area contributed by atoms with Gasteiger partial charge in [-0.1, -0.05) is 13.0 Å². The molecule has 1 aromatic rings. The first-order valence-corrected chi connectivity index (χ1v) is 6.26. The molecule has 0 radical (unpaired) electrons. The van der Waals surface area contributed by atoms with Crippen LogP contribution in [0.3, 0.4) is 0 Å². The molecule has 0 aliphatic heterocycles. The average Bonchev–Trinajstić information content (AvgIpc) is 2.45. The van der Waals surface area contributed by atoms with Gasteiger partial charge in [0.05, 0.1) is 26.7 Å². The van der Waals surface area contributed by atoms with Crippen molar-refractivity contribution >= 4 is 5.97 Å². The van der Waals surface area contributed by atoms with E-state index >= 15 is 0 Å². The molecule has 1 rings (SSSR count). The Morgan fingerprint density at radius 2 is 1.95 bits per heavy atom. The number of aliphatic hydroxyl groups excluding tert-OH is 1. The van der Waals surface area contributed by atoms with E-state index in [0.29, 0.717) is 5.56 Å². The molecular weight excluding hydrogens is 286 g/mol. The molecule has 0 saturated carbocycles. The summed E-state index contributed by atoms with van der Waals surface area (Å²) in [5.41, 5.74) is 0.350. The smallest absolute Gasteiger partial charge is 0.387 e. The lowest BCUT2D eigenvalue weighted by Gasteiger charge is -2.19. The molecule has 2 atom stereocenters. The first-order valence-electron chi connectivity index (χ1n) is 6.26. The van der Waals surface area contributed by atoms with Crippen molar-refractivity contribution in [1.82, 2.24) is 0 Å². The van der Waals surface area contributed by atoms with Gasteiger partial charge in [-0.05, 0) is 23.6 Å². The number of halogens is 2. The molecule has 0 aromatic heterocycles. The lowest BCUT2D eigenvalue weighted by atomic mass is 9.94. The summed E-state index contributed by atoms with van der Waals surface area (Å²) >= 11 is 0. The molecule has 0 heterocycles. The van der Waals surface area contributed by atoms with E-state index in [-0.39, 0.29) is 17.9 Å². The van der Waals surface area contributed by atoms with Crippen LogP contribution in [0.2, 0.25) is 0 Å². The van der Waals surface area contributed by atoms with Gasteiger partial charge in [0.1, 0.15) is 0 Å². The SMILES string of the molecule is COC(=O)CC(C)C(O)c1ccc(OC)c(OC(F)F)c1. The van der Waals surface area contributed by atoms with Crippen molar-refractivity contribution in [3.8, 4) is 11.5 Å². The zero-order valence-electron chi connectivity index (χ0n) is 12.0. The van der Waals surface area contributed by atoms with Gasteiger partial charge in [-0.2, -0.15) is 8.78 Å². The second-order valence-electron chi connectivity index (χ2n) is 4.49. The van der Waals surface area contributed by atoms with E-state index in [4.69, 9.17) is 4.74 Å². The topological polar surface area (TPSA) is 65.0 Å². The predicted octanol–water partition coefficient (Wildman–Crippen LogP) is 2.53. The molecule has 0 saturated heterocycles. The minimum atomic E-state index is -3.00. The summed E-state index contributed by atoms with van der Waals surface area (Å²) in [6.07, 6.45) is -1.01. The number of benzene rings is 1. The Morgan fingerprint density at radius 3 is 2.48 bits per heavy atom. The highest BCUT2D eigenvalue weighted by atomic mass is 19.3. The quantitative estimate of drug-likeness (QED) is 0.784. The first-order chi connectivity index (χ1) is 9.88. The third-order valence-corrected chi connectivity index (χ3v) is 3.00. The number of carbonyl (C=O) groups is 1. The first kappa shape index (κ1) is 17.2. The van der Waals surface area contributed by atoms with Gasteiger partial charge >= 0.3 is 12.6 Å². The van der Waals surface area contributed by atoms with Gasteiger partial charge in [-0.3, -0.25) is 4.79 Å². The van der Waals surface area contributed by atoms with Crippen LogP contribution in [-0.4, -0.2) is 31.9 Å². The highest BCUT2D eigenvalue weighted by Crippen LogP contribution is 2.34. The molecule has 0 aliphatic carbocycles. The van der Waals surface area contributed by atoms with Gasteiger partial charge in [-0.25, -0.2) is 0 Å². The van der Waals surface area contributed by atoms with Gasteiger partial charge < -0.3 is 19.3 Å². The van der Waals surface area contributed by atoms with Crippen molar-refractivity contribution in [2.24, 2.45) is 5.92 Å². The van der Waals surface area contributed by atoms with Gasteiger partial charge in [0.25, 0.3) is 0 Å². The third-order valence-electron chi connectivity index (χ3n) is 3.00. The summed E-state index contributed by atoms with van der Waals surface area (Å²) in [5.74, 6) is -0.939. The second kappa shape index (κ2) is 7.78. The van der Waals surface area contributed by atoms with Crippen LogP contribution in [0.4, 0.5) is 8.78 Å². The fourth-order valence-electron chi connectivity index (χ4n) is 1.85. The molecule has 0 spiro atoms. The summed E-state index contributed by atoms with van der Waals surface area (Å²) < 4.78 is 38.5. The van der Waals surface area contributed by atoms with Gasteiger partial charge in [-0.15, -0.1) is 0 Å². The number of hydrogen-bond donors (Lipinski definition) is 1. The van der Waals surface area contributed by atoms with Crippen molar-refractivity contribution in [3.63, 3.8) is 0 Å². The Morgan fingerprint density at radius 1 is 1.29 bits per heavy atom. The van der Waals surface area contributed by atoms with Gasteiger partial charge in [0.2, 0.25) is 0 Å². The number of carbonyl (C=O) groups excluding carboxylic acids is 1. The maximum absolute atomic E-state index is 12.3. The Bertz CT molecular complexity index is 478. The largest absolute Gasteiger partial charge is 0.493 e. The Kier molecular flexibility index (Phi) is 6.36. The maximum atomic E-state index is 12.3. The van der Waals surface area contributed by atoms with Crippen molar-refractivity contribution < 1.29 is 32.9 Å². The van der Waals surface area contributed by atoms with Crippen LogP contribution in [0.1, 0.15) is 25.0 Å². The van der Waals surface area contributed by atoms with Crippen molar-refractivity contribution in [3.05, 3.63) is 23.8 Å². The molecule has 0 aliphatic rings. The molecule has 0 amide bonds. The van der Waals surface area contributed by atoms with E-state index in [2.05, 4.69) is 9.47 Å². The molecule has 0 fully saturated rings. The molecular formula is C14H18F2O5. The van der Waals surface area contributed by atoms with E-state index in [0.717, 1.165) is 0 Å². The monoisotopic (exact) mass is 304 g/mol. The number of aliphatic hydroxyl groups is 1. The summed E-state index contributed by atoms with van der Waals surface area (Å²) in [7, 11) is 2.58. The van der Waals surface area contributed by atoms with Crippen LogP contribution in [0.15, 0.2) is 18.2 Å². The zero-order valence-corrected chi connectivity index (χ0v) is 12.0. The van der Waals surface area contributed by atoms with Crippen LogP contribution >= 0.6 is 0 Å². The number of esters is 1. The van der Waals surface area contributed by atoms with E-state index in [9.17, 15) is 18.7 Å². The standard InChI is InChI=1S/C14H18F2O5/c1-8(6-12(17)20-3)13(18)9-4-5-10(19-2)11(7-9)21-14(15)16/h4-5,7-8,13-14,18H,6H2,1-3H3. The number of rotatable bonds is 7. The normalized spacial score (nSPS) is 13.7. The Balaban J connectivity index is 2.93. The number of alkyl halides is 2. The molecule has 118 valence electrons. The maximum Gasteiger partial charge on any atom is 0.387 e. The summed E-state index contributed by atoms with van der Waals surface area (Å²) in [6, 6.07) is 4.21. The average molecular weight is 304 g/mol. The highest BCUT2D eigenvalue weighted by molar-refractivity contribution is 5.69. The molecule has 0 bridgehead atoms. The third kappa shape index (κ3) is 4.86. The summed E-state index contributed by atoms with van der Waals surface area (Å²) in [5, 5.41) is 10.2. The Labute approximate surface area is 121 Å². The molecule has 5 nitrogen and oxygen atoms in total. The lowest BCUT2D eigenvalue weighted by molar-refractivity contribution is -0.142. The van der Waals surface area contributed by atoms with Crippen LogP contribution in [0.25, 0.3) is 0 Å². The molecule has 1 N–H and O–H groups in total. The second-order valence-corrected chi connectivity index (χ2v) is 4.49. The van der Waals surface area contributed by atoms with Gasteiger partial charge in [0.15, 0.2) is 11.5 Å². The van der Waals surface area contributed by atoms with E-state index < -0.39 is 24.6 Å². The molecule has 1 aromatic carbocycles. The predicted molar refractivity (Wildman–Crippen MR) is 70.4 cm³/mol. The highest BCUT2D eigenvalue weighted by Gasteiger charge is 2.22. The fourth-order valence-corrected chi connectivity index (χ4v) is 1.85. The van der Waals surface area contributed by atoms with E-state index in [1.807, 2.05) is 0 Å². The van der Waals surface area contributed by atoms with Crippen LogP contribution in [-0.2, 0) is 9.53 Å². The molecule has 7 heteroatoms. The zero-order chi connectivity index (χ0) is 16.0. The van der Waals surface area contributed by atoms with Crippen LogP contribution in [0.5, 0.6) is 11.5 Å². The van der Waals surface area contributed by atoms with Gasteiger partial charge in [0, 0.05) is 0 Å². The van der Waals surface area contributed by atoms with Crippen LogP contribution < -0.4 is 9.47 Å². The van der Waals surface area contributed by atoms with Crippen LogP contribution in [0, 0.1) is 5.92 Å². The summed E-state index contributed by atoms with van der Waals surface area (Å²) in [4.78, 5) is 11.2. The number of hydrogen-bond acceptors (Lipinski definition) is 5. The molecule has 2 unspecified atom stereocenters. The van der Waals surface area contributed by atoms with E-state index in [1.165, 1.54) is 32.4 Å². The van der Waals surface area contributed by atoms with Crippen molar-refractivity contribution in [2.45, 2.75) is 26.1 Å². The number of ether oxygens (including phenoxy) is 3. The van der Waals surface area contributed by atoms with Crippen molar-refractivity contribution in [1.29, 1.82) is 0 Å². The lowest BCUT2D eigenvalue weighted by Crippen LogP contribution is -2.15. The van der Waals surface area contributed by atoms with E-state index in [1.54, 1.807) is 6.92 Å². The van der Waals surface area contributed by atoms with Crippen molar-refractivity contribution in [2.75, 3.05) is 14.2 Å². The summed E-state index contributed by atoms with van der Waals surface area (Å²) in [6.45, 7) is -1.35. The fraction of sp³-hybridized carbons (Fsp3) is 0.500. The number of methoxy groups -OCH3 is 2.